The number of para-hydroxylation sites is 1. The molecule has 0 saturated carbocycles. The number of hydrogen-bond acceptors (Lipinski definition) is 3. The molecule has 144 valence electrons. The Morgan fingerprint density at radius 3 is 2.54 bits per heavy atom. The smallest absolute Gasteiger partial charge is 0.319 e. The number of hydrogen-bond donors (Lipinski definition) is 1. The van der Waals surface area contributed by atoms with Crippen molar-refractivity contribution in [2.75, 3.05) is 18.0 Å². The average Bonchev–Trinajstić information content (AvgIpc) is 3.24. The van der Waals surface area contributed by atoms with Crippen molar-refractivity contribution in [3.05, 3.63) is 65.7 Å². The van der Waals surface area contributed by atoms with Gasteiger partial charge in [-0.25, -0.2) is 4.79 Å². The second-order valence-corrected chi connectivity index (χ2v) is 7.27. The van der Waals surface area contributed by atoms with Crippen molar-refractivity contribution in [1.29, 1.82) is 0 Å². The van der Waals surface area contributed by atoms with Crippen LogP contribution in [0.3, 0.4) is 0 Å². The van der Waals surface area contributed by atoms with Gasteiger partial charge in [0.15, 0.2) is 0 Å². The molecule has 28 heavy (non-hydrogen) atoms. The highest BCUT2D eigenvalue weighted by molar-refractivity contribution is 6.11. The number of fused-ring (bicyclic) bond motifs is 1. The molecule has 1 fully saturated rings. The largest absolute Gasteiger partial charge is 0.325 e. The minimum absolute atomic E-state index is 0.242. The Labute approximate surface area is 164 Å². The van der Waals surface area contributed by atoms with E-state index in [9.17, 15) is 14.4 Å². The zero-order chi connectivity index (χ0) is 19.7. The molecule has 1 saturated heterocycles. The molecule has 0 unspecified atom stereocenters. The van der Waals surface area contributed by atoms with Crippen molar-refractivity contribution in [3.8, 4) is 0 Å². The molecule has 0 aromatic heterocycles. The fourth-order valence-electron chi connectivity index (χ4n) is 4.19. The van der Waals surface area contributed by atoms with E-state index in [1.807, 2.05) is 61.5 Å². The summed E-state index contributed by atoms with van der Waals surface area (Å²) in [6, 6.07) is 16.5. The Hall–Kier alpha value is -3.15. The van der Waals surface area contributed by atoms with Gasteiger partial charge in [0, 0.05) is 12.2 Å². The van der Waals surface area contributed by atoms with E-state index in [1.165, 1.54) is 0 Å². The van der Waals surface area contributed by atoms with Gasteiger partial charge in [0.05, 0.1) is 0 Å². The summed E-state index contributed by atoms with van der Waals surface area (Å²) in [4.78, 5) is 41.6. The van der Waals surface area contributed by atoms with Crippen LogP contribution in [0, 0.1) is 0 Å². The topological polar surface area (TPSA) is 69.7 Å². The van der Waals surface area contributed by atoms with Gasteiger partial charge in [-0.2, -0.15) is 0 Å². The highest BCUT2D eigenvalue weighted by Crippen LogP contribution is 2.34. The fourth-order valence-corrected chi connectivity index (χ4v) is 4.19. The Balaban J connectivity index is 1.58. The van der Waals surface area contributed by atoms with Crippen LogP contribution in [0.25, 0.3) is 0 Å². The molecule has 1 N–H and O–H groups in total. The van der Waals surface area contributed by atoms with Crippen LogP contribution in [0.4, 0.5) is 10.5 Å². The van der Waals surface area contributed by atoms with Gasteiger partial charge in [0.2, 0.25) is 5.91 Å². The molecule has 4 amide bonds. The zero-order valence-electron chi connectivity index (χ0n) is 15.9. The van der Waals surface area contributed by atoms with Crippen LogP contribution in [-0.4, -0.2) is 35.8 Å². The summed E-state index contributed by atoms with van der Waals surface area (Å²) in [5, 5.41) is 2.87. The highest BCUT2D eigenvalue weighted by atomic mass is 16.2. The van der Waals surface area contributed by atoms with E-state index in [2.05, 4.69) is 5.32 Å². The standard InChI is InChI=1S/C22H23N3O3/c1-2-13-22(17-9-4-3-5-10-17)20(27)25(21(28)23-22)15-19(26)24-14-12-16-8-6-7-11-18(16)24/h3-11H,2,12-15H2,1H3,(H,23,28)/t22-/m1/s1. The summed E-state index contributed by atoms with van der Waals surface area (Å²) in [6.45, 7) is 2.29. The van der Waals surface area contributed by atoms with Crippen LogP contribution in [0.2, 0.25) is 0 Å². The minimum Gasteiger partial charge on any atom is -0.319 e. The van der Waals surface area contributed by atoms with E-state index in [0.717, 1.165) is 34.6 Å². The average molecular weight is 377 g/mol. The predicted molar refractivity (Wildman–Crippen MR) is 106 cm³/mol. The summed E-state index contributed by atoms with van der Waals surface area (Å²) < 4.78 is 0. The summed E-state index contributed by atoms with van der Waals surface area (Å²) in [7, 11) is 0. The van der Waals surface area contributed by atoms with Gasteiger partial charge in [0.25, 0.3) is 5.91 Å². The molecule has 2 aromatic rings. The molecule has 2 heterocycles. The third kappa shape index (κ3) is 2.85. The molecular weight excluding hydrogens is 354 g/mol. The van der Waals surface area contributed by atoms with Crippen LogP contribution in [0.5, 0.6) is 0 Å². The third-order valence-electron chi connectivity index (χ3n) is 5.55. The maximum absolute atomic E-state index is 13.3. The van der Waals surface area contributed by atoms with Crippen LogP contribution >= 0.6 is 0 Å². The lowest BCUT2D eigenvalue weighted by atomic mass is 9.85. The third-order valence-corrected chi connectivity index (χ3v) is 5.55. The molecular formula is C22H23N3O3. The molecule has 0 spiro atoms. The van der Waals surface area contributed by atoms with E-state index in [0.29, 0.717) is 13.0 Å². The predicted octanol–water partition coefficient (Wildman–Crippen LogP) is 2.82. The van der Waals surface area contributed by atoms with Crippen LogP contribution in [0.15, 0.2) is 54.6 Å². The second kappa shape index (κ2) is 7.11. The lowest BCUT2D eigenvalue weighted by molar-refractivity contribution is -0.134. The van der Waals surface area contributed by atoms with Crippen molar-refractivity contribution < 1.29 is 14.4 Å². The molecule has 6 heteroatoms. The van der Waals surface area contributed by atoms with E-state index in [4.69, 9.17) is 0 Å². The monoisotopic (exact) mass is 377 g/mol. The number of nitrogens with zero attached hydrogens (tertiary/aromatic N) is 2. The number of nitrogens with one attached hydrogen (secondary N) is 1. The first kappa shape index (κ1) is 18.2. The molecule has 4 rings (SSSR count). The zero-order valence-corrected chi connectivity index (χ0v) is 15.9. The number of carbonyl (C=O) groups is 3. The quantitative estimate of drug-likeness (QED) is 0.815. The number of amides is 4. The second-order valence-electron chi connectivity index (χ2n) is 7.27. The highest BCUT2D eigenvalue weighted by Gasteiger charge is 2.52. The number of benzene rings is 2. The molecule has 2 aliphatic heterocycles. The van der Waals surface area contributed by atoms with Crippen LogP contribution < -0.4 is 10.2 Å². The number of imide groups is 1. The Morgan fingerprint density at radius 1 is 1.07 bits per heavy atom. The first-order valence-electron chi connectivity index (χ1n) is 9.65. The molecule has 1 atom stereocenters. The number of urea groups is 1. The maximum atomic E-state index is 13.3. The minimum atomic E-state index is -1.10. The Bertz CT molecular complexity index is 928. The molecule has 2 aromatic carbocycles. The van der Waals surface area contributed by atoms with Gasteiger partial charge in [-0.3, -0.25) is 14.5 Å². The first-order valence-corrected chi connectivity index (χ1v) is 9.65. The van der Waals surface area contributed by atoms with Crippen molar-refractivity contribution in [2.45, 2.75) is 31.7 Å². The molecule has 0 aliphatic carbocycles. The van der Waals surface area contributed by atoms with E-state index in [-0.39, 0.29) is 18.4 Å². The van der Waals surface area contributed by atoms with Gasteiger partial charge in [-0.1, -0.05) is 61.9 Å². The lowest BCUT2D eigenvalue weighted by Gasteiger charge is -2.27. The van der Waals surface area contributed by atoms with Gasteiger partial charge in [0.1, 0.15) is 12.1 Å². The normalized spacial score (nSPS) is 21.0. The Morgan fingerprint density at radius 2 is 1.79 bits per heavy atom. The molecule has 6 nitrogen and oxygen atoms in total. The lowest BCUT2D eigenvalue weighted by Crippen LogP contribution is -2.45. The van der Waals surface area contributed by atoms with E-state index < -0.39 is 11.6 Å². The van der Waals surface area contributed by atoms with Gasteiger partial charge < -0.3 is 10.2 Å². The number of anilines is 1. The van der Waals surface area contributed by atoms with E-state index >= 15 is 0 Å². The number of rotatable bonds is 5. The van der Waals surface area contributed by atoms with Crippen molar-refractivity contribution in [2.24, 2.45) is 0 Å². The van der Waals surface area contributed by atoms with E-state index in [1.54, 1.807) is 4.90 Å². The van der Waals surface area contributed by atoms with Crippen molar-refractivity contribution >= 4 is 23.5 Å². The van der Waals surface area contributed by atoms with Crippen molar-refractivity contribution in [1.82, 2.24) is 10.2 Å². The van der Waals surface area contributed by atoms with Gasteiger partial charge in [-0.15, -0.1) is 0 Å². The molecule has 0 radical (unpaired) electrons. The molecule has 2 aliphatic rings. The fraction of sp³-hybridized carbons (Fsp3) is 0.318. The number of carbonyl (C=O) groups excluding carboxylic acids is 3. The summed E-state index contributed by atoms with van der Waals surface area (Å²) in [6.07, 6.45) is 1.99. The summed E-state index contributed by atoms with van der Waals surface area (Å²) in [5.41, 5.74) is 1.62. The molecule has 0 bridgehead atoms. The van der Waals surface area contributed by atoms with Crippen LogP contribution in [-0.2, 0) is 21.5 Å². The Kier molecular flexibility index (Phi) is 4.63. The van der Waals surface area contributed by atoms with Gasteiger partial charge in [-0.05, 0) is 30.0 Å². The first-order chi connectivity index (χ1) is 13.6. The summed E-state index contributed by atoms with van der Waals surface area (Å²) in [5.74, 6) is -0.597. The van der Waals surface area contributed by atoms with Gasteiger partial charge >= 0.3 is 6.03 Å². The summed E-state index contributed by atoms with van der Waals surface area (Å²) >= 11 is 0. The van der Waals surface area contributed by atoms with Crippen LogP contribution in [0.1, 0.15) is 30.9 Å². The maximum Gasteiger partial charge on any atom is 0.325 e. The SMILES string of the molecule is CCC[C@]1(c2ccccc2)NC(=O)N(CC(=O)N2CCc3ccccc32)C1=O. The van der Waals surface area contributed by atoms with Crippen molar-refractivity contribution in [3.63, 3.8) is 0 Å².